The molecule has 1 aromatic heterocycles. The van der Waals surface area contributed by atoms with Crippen LogP contribution in [-0.2, 0) is 18.4 Å². The molecule has 2 aromatic rings. The van der Waals surface area contributed by atoms with E-state index in [0.29, 0.717) is 0 Å². The first-order chi connectivity index (χ1) is 9.98. The van der Waals surface area contributed by atoms with Crippen LogP contribution in [0.4, 0.5) is 4.39 Å². The third kappa shape index (κ3) is 3.50. The van der Waals surface area contributed by atoms with E-state index in [-0.39, 0.29) is 11.2 Å². The Morgan fingerprint density at radius 1 is 1.19 bits per heavy atom. The molecular weight excluding hydrogens is 283 g/mol. The fraction of sp³-hybridized carbons (Fsp3) is 0.471. The molecule has 0 fully saturated rings. The zero-order chi connectivity index (χ0) is 15.5. The Morgan fingerprint density at radius 2 is 1.86 bits per heavy atom. The second-order valence-electron chi connectivity index (χ2n) is 5.65. The normalized spacial score (nSPS) is 11.9. The van der Waals surface area contributed by atoms with Crippen molar-refractivity contribution in [1.82, 2.24) is 10.3 Å². The van der Waals surface area contributed by atoms with Gasteiger partial charge in [-0.3, -0.25) is 0 Å². The molecule has 114 valence electrons. The van der Waals surface area contributed by atoms with Crippen molar-refractivity contribution < 1.29 is 4.39 Å². The Kier molecular flexibility index (Phi) is 5.12. The minimum absolute atomic E-state index is 0.198. The summed E-state index contributed by atoms with van der Waals surface area (Å²) in [7, 11) is 0. The first-order valence-electron chi connectivity index (χ1n) is 7.44. The topological polar surface area (TPSA) is 24.9 Å². The number of aryl methyl sites for hydroxylation is 1. The molecule has 0 aliphatic carbocycles. The van der Waals surface area contributed by atoms with Gasteiger partial charge in [0.05, 0.1) is 5.69 Å². The number of thiazole rings is 1. The number of nitrogens with zero attached hydrogens (tertiary/aromatic N) is 1. The monoisotopic (exact) mass is 306 g/mol. The van der Waals surface area contributed by atoms with Crippen LogP contribution < -0.4 is 5.32 Å². The molecule has 2 nitrogen and oxygen atoms in total. The van der Waals surface area contributed by atoms with E-state index in [4.69, 9.17) is 4.98 Å². The van der Waals surface area contributed by atoms with E-state index < -0.39 is 0 Å². The summed E-state index contributed by atoms with van der Waals surface area (Å²) in [6.07, 6.45) is 0.941. The van der Waals surface area contributed by atoms with Crippen LogP contribution in [0.3, 0.4) is 0 Å². The molecule has 0 saturated heterocycles. The van der Waals surface area contributed by atoms with Crippen LogP contribution in [0.15, 0.2) is 24.3 Å². The molecule has 2 rings (SSSR count). The first-order valence-corrected chi connectivity index (χ1v) is 8.26. The summed E-state index contributed by atoms with van der Waals surface area (Å²) in [6.45, 7) is 10.4. The molecule has 0 unspecified atom stereocenters. The molecule has 0 saturated carbocycles. The Hall–Kier alpha value is -1.26. The molecule has 4 heteroatoms. The summed E-state index contributed by atoms with van der Waals surface area (Å²) in [5.74, 6) is -0.198. The molecule has 1 N–H and O–H groups in total. The molecule has 21 heavy (non-hydrogen) atoms. The predicted molar refractivity (Wildman–Crippen MR) is 87.4 cm³/mol. The van der Waals surface area contributed by atoms with Crippen molar-refractivity contribution in [2.24, 2.45) is 0 Å². The van der Waals surface area contributed by atoms with Gasteiger partial charge in [0.2, 0.25) is 0 Å². The third-order valence-electron chi connectivity index (χ3n) is 3.75. The van der Waals surface area contributed by atoms with E-state index >= 15 is 0 Å². The Morgan fingerprint density at radius 3 is 2.43 bits per heavy atom. The van der Waals surface area contributed by atoms with Crippen LogP contribution in [-0.4, -0.2) is 11.5 Å². The molecule has 1 heterocycles. The molecule has 1 aromatic carbocycles. The van der Waals surface area contributed by atoms with Gasteiger partial charge >= 0.3 is 0 Å². The van der Waals surface area contributed by atoms with Crippen LogP contribution in [0.2, 0.25) is 0 Å². The van der Waals surface area contributed by atoms with Gasteiger partial charge in [-0.05, 0) is 44.5 Å². The lowest BCUT2D eigenvalue weighted by Crippen LogP contribution is -2.18. The highest BCUT2D eigenvalue weighted by Gasteiger charge is 2.28. The number of benzene rings is 1. The maximum Gasteiger partial charge on any atom is 0.123 e. The van der Waals surface area contributed by atoms with Crippen molar-refractivity contribution in [1.29, 1.82) is 0 Å². The average molecular weight is 306 g/mol. The number of rotatable bonds is 6. The minimum atomic E-state index is -0.202. The zero-order valence-electron chi connectivity index (χ0n) is 13.2. The summed E-state index contributed by atoms with van der Waals surface area (Å²) >= 11 is 1.76. The quantitative estimate of drug-likeness (QED) is 0.861. The number of nitrogens with one attached hydrogen (secondary N) is 1. The van der Waals surface area contributed by atoms with E-state index in [0.717, 1.165) is 30.1 Å². The van der Waals surface area contributed by atoms with Crippen molar-refractivity contribution in [2.75, 3.05) is 6.54 Å². The minimum Gasteiger partial charge on any atom is -0.312 e. The van der Waals surface area contributed by atoms with Gasteiger partial charge in [0.1, 0.15) is 10.8 Å². The van der Waals surface area contributed by atoms with Crippen LogP contribution in [0, 0.1) is 5.82 Å². The van der Waals surface area contributed by atoms with E-state index in [1.54, 1.807) is 11.3 Å². The Labute approximate surface area is 130 Å². The number of halogens is 1. The zero-order valence-corrected chi connectivity index (χ0v) is 14.0. The van der Waals surface area contributed by atoms with Crippen molar-refractivity contribution in [3.05, 3.63) is 51.2 Å². The first kappa shape index (κ1) is 16.1. The largest absolute Gasteiger partial charge is 0.312 e. The standard InChI is InChI=1S/C17H23FN2S/c1-5-14-15(11-19-6-2)21-16(20-14)17(3,4)12-7-9-13(18)10-8-12/h7-10,19H,5-6,11H2,1-4H3. The summed E-state index contributed by atoms with van der Waals surface area (Å²) in [6, 6.07) is 6.74. The lowest BCUT2D eigenvalue weighted by Gasteiger charge is -2.22. The maximum absolute atomic E-state index is 13.1. The van der Waals surface area contributed by atoms with Gasteiger partial charge in [0.15, 0.2) is 0 Å². The second-order valence-corrected chi connectivity index (χ2v) is 6.74. The molecule has 0 bridgehead atoms. The summed E-state index contributed by atoms with van der Waals surface area (Å²) in [5, 5.41) is 4.47. The van der Waals surface area contributed by atoms with E-state index in [9.17, 15) is 4.39 Å². The molecule has 0 radical (unpaired) electrons. The van der Waals surface area contributed by atoms with Crippen LogP contribution >= 0.6 is 11.3 Å². The maximum atomic E-state index is 13.1. The summed E-state index contributed by atoms with van der Waals surface area (Å²) in [5.41, 5.74) is 2.06. The lowest BCUT2D eigenvalue weighted by molar-refractivity contribution is 0.610. The number of hydrogen-bond donors (Lipinski definition) is 1. The van der Waals surface area contributed by atoms with Gasteiger partial charge in [-0.1, -0.05) is 26.0 Å². The Balaban J connectivity index is 2.35. The average Bonchev–Trinajstić information content (AvgIpc) is 2.89. The van der Waals surface area contributed by atoms with Gasteiger partial charge < -0.3 is 5.32 Å². The van der Waals surface area contributed by atoms with Crippen molar-refractivity contribution >= 4 is 11.3 Å². The second kappa shape index (κ2) is 6.67. The van der Waals surface area contributed by atoms with Crippen molar-refractivity contribution in [2.45, 2.75) is 46.1 Å². The van der Waals surface area contributed by atoms with E-state index in [2.05, 4.69) is 33.0 Å². The summed E-state index contributed by atoms with van der Waals surface area (Å²) < 4.78 is 13.1. The molecule has 0 atom stereocenters. The SMILES string of the molecule is CCNCc1sc(C(C)(C)c2ccc(F)cc2)nc1CC. The fourth-order valence-electron chi connectivity index (χ4n) is 2.29. The molecule has 0 amide bonds. The van der Waals surface area contributed by atoms with Crippen LogP contribution in [0.1, 0.15) is 48.8 Å². The number of aromatic nitrogens is 1. The highest BCUT2D eigenvalue weighted by molar-refractivity contribution is 7.12. The van der Waals surface area contributed by atoms with Crippen molar-refractivity contribution in [3.63, 3.8) is 0 Å². The molecular formula is C17H23FN2S. The lowest BCUT2D eigenvalue weighted by atomic mass is 9.85. The Bertz CT molecular complexity index is 587. The third-order valence-corrected chi connectivity index (χ3v) is 5.17. The molecule has 0 aliphatic heterocycles. The van der Waals surface area contributed by atoms with Gasteiger partial charge in [0, 0.05) is 16.8 Å². The smallest absolute Gasteiger partial charge is 0.123 e. The fourth-order valence-corrected chi connectivity index (χ4v) is 3.54. The van der Waals surface area contributed by atoms with Crippen LogP contribution in [0.25, 0.3) is 0 Å². The van der Waals surface area contributed by atoms with Gasteiger partial charge in [-0.2, -0.15) is 0 Å². The summed E-state index contributed by atoms with van der Waals surface area (Å²) in [4.78, 5) is 6.15. The van der Waals surface area contributed by atoms with Gasteiger partial charge in [-0.25, -0.2) is 9.37 Å². The highest BCUT2D eigenvalue weighted by atomic mass is 32.1. The molecule has 0 spiro atoms. The van der Waals surface area contributed by atoms with E-state index in [1.165, 1.54) is 22.7 Å². The molecule has 0 aliphatic rings. The van der Waals surface area contributed by atoms with Gasteiger partial charge in [0.25, 0.3) is 0 Å². The predicted octanol–water partition coefficient (Wildman–Crippen LogP) is 4.28. The highest BCUT2D eigenvalue weighted by Crippen LogP contribution is 2.35. The number of hydrogen-bond acceptors (Lipinski definition) is 3. The van der Waals surface area contributed by atoms with Crippen LogP contribution in [0.5, 0.6) is 0 Å². The van der Waals surface area contributed by atoms with Crippen molar-refractivity contribution in [3.8, 4) is 0 Å². The van der Waals surface area contributed by atoms with E-state index in [1.807, 2.05) is 12.1 Å². The van der Waals surface area contributed by atoms with Gasteiger partial charge in [-0.15, -0.1) is 11.3 Å².